The predicted molar refractivity (Wildman–Crippen MR) is 138 cm³/mol. The third kappa shape index (κ3) is 6.66. The van der Waals surface area contributed by atoms with Gasteiger partial charge in [-0.1, -0.05) is 0 Å². The minimum atomic E-state index is -4.44. The van der Waals surface area contributed by atoms with Crippen molar-refractivity contribution in [3.63, 3.8) is 0 Å². The van der Waals surface area contributed by atoms with Crippen molar-refractivity contribution in [1.82, 2.24) is 9.78 Å². The number of aromatic nitrogens is 2. The van der Waals surface area contributed by atoms with E-state index in [0.29, 0.717) is 33.8 Å². The smallest absolute Gasteiger partial charge is 0.416 e. The van der Waals surface area contributed by atoms with E-state index in [4.69, 9.17) is 9.47 Å². The van der Waals surface area contributed by atoms with Gasteiger partial charge in [0.25, 0.3) is 0 Å². The Labute approximate surface area is 221 Å². The number of carbonyl (C=O) groups excluding carboxylic acids is 1. The summed E-state index contributed by atoms with van der Waals surface area (Å²) in [5.74, 6) is 0.0565. The van der Waals surface area contributed by atoms with Crippen LogP contribution in [-0.2, 0) is 21.5 Å². The molecule has 1 aromatic heterocycles. The van der Waals surface area contributed by atoms with E-state index in [1.54, 1.807) is 32.9 Å². The minimum absolute atomic E-state index is 0.205. The summed E-state index contributed by atoms with van der Waals surface area (Å²) in [6.07, 6.45) is -4.44. The van der Waals surface area contributed by atoms with E-state index in [1.807, 2.05) is 19.1 Å². The number of aryl methyl sites for hydroxylation is 1. The quantitative estimate of drug-likeness (QED) is 0.136. The molecule has 0 aliphatic rings. The molecule has 4 rings (SSSR count). The molecule has 3 aromatic carbocycles. The van der Waals surface area contributed by atoms with Gasteiger partial charge >= 0.3 is 12.1 Å². The van der Waals surface area contributed by atoms with Crippen molar-refractivity contribution in [3.05, 3.63) is 83.3 Å². The van der Waals surface area contributed by atoms with Crippen molar-refractivity contribution in [2.24, 2.45) is 0 Å². The zero-order valence-electron chi connectivity index (χ0n) is 21.2. The summed E-state index contributed by atoms with van der Waals surface area (Å²) < 4.78 is 65.4. The summed E-state index contributed by atoms with van der Waals surface area (Å²) in [5.41, 5.74) is 1.09. The highest BCUT2D eigenvalue weighted by atomic mass is 32.2. The number of carbonyl (C=O) groups is 1. The Kier molecular flexibility index (Phi) is 7.73. The number of rotatable bonds is 7. The standard InChI is InChI=1S/C28H26F4N2O3S/c1-17-13-21(10-12-25(17)36-15-26(35)37-27(2,3)4)38-16-23-22-14-19(29)7-11-24(22)34(33-23)20-8-5-18(6-9-20)28(30,31)32/h5-14H,15-16H2,1-4H3. The molecular weight excluding hydrogens is 520 g/mol. The van der Waals surface area contributed by atoms with E-state index < -0.39 is 29.1 Å². The Morgan fingerprint density at radius 2 is 1.71 bits per heavy atom. The fraction of sp³-hybridized carbons (Fsp3) is 0.286. The van der Waals surface area contributed by atoms with E-state index in [-0.39, 0.29) is 6.61 Å². The molecule has 0 N–H and O–H groups in total. The van der Waals surface area contributed by atoms with Gasteiger partial charge in [0.15, 0.2) is 6.61 Å². The SMILES string of the molecule is Cc1cc(SCc2nn(-c3ccc(C(F)(F)F)cc3)c3ccc(F)cc23)ccc1OCC(=O)OC(C)(C)C. The van der Waals surface area contributed by atoms with Gasteiger partial charge in [-0.3, -0.25) is 0 Å². The number of benzene rings is 3. The molecule has 0 saturated heterocycles. The molecule has 0 fully saturated rings. The summed E-state index contributed by atoms with van der Waals surface area (Å²) in [6, 6.07) is 14.4. The fourth-order valence-electron chi connectivity index (χ4n) is 3.78. The molecule has 5 nitrogen and oxygen atoms in total. The lowest BCUT2D eigenvalue weighted by Crippen LogP contribution is -2.27. The van der Waals surface area contributed by atoms with Gasteiger partial charge in [-0.05, 0) is 93.9 Å². The first-order valence-corrected chi connectivity index (χ1v) is 12.7. The number of hydrogen-bond acceptors (Lipinski definition) is 5. The van der Waals surface area contributed by atoms with Crippen LogP contribution in [0.4, 0.5) is 17.6 Å². The number of hydrogen-bond donors (Lipinski definition) is 0. The van der Waals surface area contributed by atoms with Gasteiger partial charge in [-0.25, -0.2) is 13.9 Å². The molecule has 200 valence electrons. The first kappa shape index (κ1) is 27.5. The third-order valence-corrected chi connectivity index (χ3v) is 6.45. The van der Waals surface area contributed by atoms with E-state index in [1.165, 1.54) is 40.7 Å². The van der Waals surface area contributed by atoms with Crippen molar-refractivity contribution in [1.29, 1.82) is 0 Å². The van der Waals surface area contributed by atoms with Crippen LogP contribution in [-0.4, -0.2) is 28.0 Å². The number of thioether (sulfide) groups is 1. The van der Waals surface area contributed by atoms with E-state index >= 15 is 0 Å². The zero-order chi connectivity index (χ0) is 27.7. The lowest BCUT2D eigenvalue weighted by atomic mass is 10.2. The van der Waals surface area contributed by atoms with Gasteiger partial charge in [-0.2, -0.15) is 18.3 Å². The van der Waals surface area contributed by atoms with Gasteiger partial charge in [0.1, 0.15) is 17.2 Å². The maximum Gasteiger partial charge on any atom is 0.416 e. The summed E-state index contributed by atoms with van der Waals surface area (Å²) in [7, 11) is 0. The molecule has 0 atom stereocenters. The topological polar surface area (TPSA) is 53.4 Å². The second-order valence-electron chi connectivity index (χ2n) is 9.66. The van der Waals surface area contributed by atoms with E-state index in [9.17, 15) is 22.4 Å². The minimum Gasteiger partial charge on any atom is -0.482 e. The van der Waals surface area contributed by atoms with Gasteiger partial charge in [0.2, 0.25) is 0 Å². The normalized spacial score (nSPS) is 12.1. The van der Waals surface area contributed by atoms with Crippen LogP contribution in [0.2, 0.25) is 0 Å². The third-order valence-electron chi connectivity index (χ3n) is 5.45. The first-order chi connectivity index (χ1) is 17.8. The fourth-order valence-corrected chi connectivity index (χ4v) is 4.72. The molecule has 10 heteroatoms. The Balaban J connectivity index is 1.51. The lowest BCUT2D eigenvalue weighted by Gasteiger charge is -2.19. The largest absolute Gasteiger partial charge is 0.482 e. The zero-order valence-corrected chi connectivity index (χ0v) is 22.0. The molecule has 0 amide bonds. The Hall–Kier alpha value is -3.53. The van der Waals surface area contributed by atoms with Crippen molar-refractivity contribution < 1.29 is 31.8 Å². The second kappa shape index (κ2) is 10.7. The van der Waals surface area contributed by atoms with Crippen LogP contribution >= 0.6 is 11.8 Å². The number of esters is 1. The first-order valence-electron chi connectivity index (χ1n) is 11.7. The van der Waals surface area contributed by atoms with Crippen LogP contribution in [0.25, 0.3) is 16.6 Å². The molecule has 38 heavy (non-hydrogen) atoms. The average Bonchev–Trinajstić information content (AvgIpc) is 3.18. The Morgan fingerprint density at radius 3 is 2.34 bits per heavy atom. The number of ether oxygens (including phenoxy) is 2. The molecule has 0 unspecified atom stereocenters. The second-order valence-corrected chi connectivity index (χ2v) is 10.7. The number of fused-ring (bicyclic) bond motifs is 1. The van der Waals surface area contributed by atoms with Crippen molar-refractivity contribution in [2.45, 2.75) is 50.1 Å². The highest BCUT2D eigenvalue weighted by Crippen LogP contribution is 2.33. The summed E-state index contributed by atoms with van der Waals surface area (Å²) >= 11 is 1.47. The highest BCUT2D eigenvalue weighted by molar-refractivity contribution is 7.98. The predicted octanol–water partition coefficient (Wildman–Crippen LogP) is 7.50. The van der Waals surface area contributed by atoms with Crippen LogP contribution in [0.5, 0.6) is 5.75 Å². The molecule has 4 aromatic rings. The van der Waals surface area contributed by atoms with Crippen LogP contribution in [0.15, 0.2) is 65.6 Å². The molecule has 0 aliphatic heterocycles. The average molecular weight is 547 g/mol. The van der Waals surface area contributed by atoms with Gasteiger partial charge in [0, 0.05) is 16.0 Å². The van der Waals surface area contributed by atoms with Crippen molar-refractivity contribution >= 4 is 28.6 Å². The molecule has 0 saturated carbocycles. The van der Waals surface area contributed by atoms with Crippen LogP contribution in [0.1, 0.15) is 37.6 Å². The molecule has 0 radical (unpaired) electrons. The number of halogens is 4. The van der Waals surface area contributed by atoms with E-state index in [0.717, 1.165) is 22.6 Å². The summed E-state index contributed by atoms with van der Waals surface area (Å²) in [5, 5.41) is 5.17. The van der Waals surface area contributed by atoms with Crippen LogP contribution < -0.4 is 4.74 Å². The maximum absolute atomic E-state index is 14.1. The number of alkyl halides is 3. The summed E-state index contributed by atoms with van der Waals surface area (Å²) in [4.78, 5) is 12.8. The molecular formula is C28H26F4N2O3S. The summed E-state index contributed by atoms with van der Waals surface area (Å²) in [6.45, 7) is 7.01. The van der Waals surface area contributed by atoms with Gasteiger partial charge < -0.3 is 9.47 Å². The Morgan fingerprint density at radius 1 is 1.00 bits per heavy atom. The molecule has 1 heterocycles. The van der Waals surface area contributed by atoms with Crippen LogP contribution in [0, 0.1) is 12.7 Å². The molecule has 0 spiro atoms. The van der Waals surface area contributed by atoms with Crippen molar-refractivity contribution in [3.8, 4) is 11.4 Å². The molecule has 0 aliphatic carbocycles. The van der Waals surface area contributed by atoms with Gasteiger partial charge in [-0.15, -0.1) is 11.8 Å². The van der Waals surface area contributed by atoms with E-state index in [2.05, 4.69) is 5.10 Å². The lowest BCUT2D eigenvalue weighted by molar-refractivity contribution is -0.157. The Bertz CT molecular complexity index is 1460. The van der Waals surface area contributed by atoms with Crippen LogP contribution in [0.3, 0.4) is 0 Å². The molecule has 0 bridgehead atoms. The highest BCUT2D eigenvalue weighted by Gasteiger charge is 2.30. The maximum atomic E-state index is 14.1. The van der Waals surface area contributed by atoms with Gasteiger partial charge in [0.05, 0.1) is 22.5 Å². The number of nitrogens with zero attached hydrogens (tertiary/aromatic N) is 2. The van der Waals surface area contributed by atoms with Crippen molar-refractivity contribution in [2.75, 3.05) is 6.61 Å². The monoisotopic (exact) mass is 546 g/mol.